The summed E-state index contributed by atoms with van der Waals surface area (Å²) < 4.78 is 33.9. The normalized spacial score (nSPS) is 10.5. The molecule has 0 spiro atoms. The molecule has 2 aromatic carbocycles. The molecule has 0 heterocycles. The molecule has 0 unspecified atom stereocenters. The zero-order valence-corrected chi connectivity index (χ0v) is 13.5. The number of hydrogen-bond donors (Lipinski definition) is 0. The monoisotopic (exact) mass is 335 g/mol. The smallest absolute Gasteiger partial charge is 0.387 e. The van der Waals surface area contributed by atoms with Crippen LogP contribution in [0, 0.1) is 0 Å². The number of carbonyl (C=O) groups excluding carboxylic acids is 1. The van der Waals surface area contributed by atoms with Gasteiger partial charge in [-0.3, -0.25) is 4.79 Å². The van der Waals surface area contributed by atoms with Crippen LogP contribution in [0.25, 0.3) is 0 Å². The Morgan fingerprint density at radius 2 is 1.62 bits per heavy atom. The average molecular weight is 335 g/mol. The summed E-state index contributed by atoms with van der Waals surface area (Å²) in [6.07, 6.45) is 0. The highest BCUT2D eigenvalue weighted by molar-refractivity contribution is 5.94. The van der Waals surface area contributed by atoms with Crippen molar-refractivity contribution in [3.05, 3.63) is 59.7 Å². The molecule has 2 aromatic rings. The molecule has 0 aromatic heterocycles. The number of ether oxygens (including phenoxy) is 2. The van der Waals surface area contributed by atoms with Crippen molar-refractivity contribution in [3.63, 3.8) is 0 Å². The van der Waals surface area contributed by atoms with E-state index >= 15 is 0 Å². The number of benzene rings is 2. The van der Waals surface area contributed by atoms with Crippen molar-refractivity contribution in [2.24, 2.45) is 0 Å². The number of carbonyl (C=O) groups is 1. The molecular weight excluding hydrogens is 316 g/mol. The molecule has 1 amide bonds. The van der Waals surface area contributed by atoms with E-state index in [2.05, 4.69) is 4.74 Å². The fraction of sp³-hybridized carbons (Fsp3) is 0.278. The summed E-state index contributed by atoms with van der Waals surface area (Å²) in [5.74, 6) is 0.605. The first-order valence-electron chi connectivity index (χ1n) is 7.51. The van der Waals surface area contributed by atoms with Gasteiger partial charge in [0.25, 0.3) is 5.91 Å². The molecule has 4 nitrogen and oxygen atoms in total. The third-order valence-corrected chi connectivity index (χ3v) is 3.33. The van der Waals surface area contributed by atoms with E-state index in [9.17, 15) is 13.6 Å². The lowest BCUT2D eigenvalue weighted by Gasteiger charge is -2.18. The largest absolute Gasteiger partial charge is 0.494 e. The van der Waals surface area contributed by atoms with Gasteiger partial charge in [-0.2, -0.15) is 8.78 Å². The summed E-state index contributed by atoms with van der Waals surface area (Å²) in [6, 6.07) is 13.1. The van der Waals surface area contributed by atoms with Gasteiger partial charge in [-0.1, -0.05) is 12.1 Å². The summed E-state index contributed by atoms with van der Waals surface area (Å²) in [5.41, 5.74) is 1.37. The van der Waals surface area contributed by atoms with E-state index in [4.69, 9.17) is 4.74 Å². The minimum absolute atomic E-state index is 0.0238. The Hall–Kier alpha value is -2.63. The Balaban J connectivity index is 1.98. The van der Waals surface area contributed by atoms with E-state index in [-0.39, 0.29) is 11.7 Å². The molecule has 0 saturated carbocycles. The second kappa shape index (κ2) is 8.29. The van der Waals surface area contributed by atoms with E-state index in [0.29, 0.717) is 18.7 Å². The van der Waals surface area contributed by atoms with E-state index < -0.39 is 6.61 Å². The average Bonchev–Trinajstić information content (AvgIpc) is 2.56. The van der Waals surface area contributed by atoms with Gasteiger partial charge in [0.05, 0.1) is 6.61 Å². The Labute approximate surface area is 139 Å². The molecule has 0 fully saturated rings. The standard InChI is InChI=1S/C18H19F2NO3/c1-3-23-15-8-4-13(5-9-15)12-21(2)17(22)14-6-10-16(11-7-14)24-18(19)20/h4-11,18H,3,12H2,1-2H3. The number of amides is 1. The fourth-order valence-electron chi connectivity index (χ4n) is 2.20. The van der Waals surface area contributed by atoms with Crippen LogP contribution in [-0.4, -0.2) is 31.1 Å². The number of hydrogen-bond acceptors (Lipinski definition) is 3. The predicted molar refractivity (Wildman–Crippen MR) is 86.5 cm³/mol. The lowest BCUT2D eigenvalue weighted by molar-refractivity contribution is -0.0498. The van der Waals surface area contributed by atoms with Crippen molar-refractivity contribution in [3.8, 4) is 11.5 Å². The lowest BCUT2D eigenvalue weighted by atomic mass is 10.1. The van der Waals surface area contributed by atoms with Crippen molar-refractivity contribution in [2.75, 3.05) is 13.7 Å². The molecule has 0 bridgehead atoms. The zero-order chi connectivity index (χ0) is 17.5. The van der Waals surface area contributed by atoms with Gasteiger partial charge in [0, 0.05) is 19.2 Å². The molecule has 0 radical (unpaired) electrons. The molecule has 6 heteroatoms. The SMILES string of the molecule is CCOc1ccc(CN(C)C(=O)c2ccc(OC(F)F)cc2)cc1. The summed E-state index contributed by atoms with van der Waals surface area (Å²) in [7, 11) is 1.68. The van der Waals surface area contributed by atoms with E-state index in [1.165, 1.54) is 24.3 Å². The highest BCUT2D eigenvalue weighted by Gasteiger charge is 2.13. The third-order valence-electron chi connectivity index (χ3n) is 3.33. The number of nitrogens with zero attached hydrogens (tertiary/aromatic N) is 1. The summed E-state index contributed by atoms with van der Waals surface area (Å²) >= 11 is 0. The van der Waals surface area contributed by atoms with Crippen molar-refractivity contribution >= 4 is 5.91 Å². The molecule has 0 saturated heterocycles. The fourth-order valence-corrected chi connectivity index (χ4v) is 2.20. The summed E-state index contributed by atoms with van der Waals surface area (Å²) in [5, 5.41) is 0. The van der Waals surface area contributed by atoms with Gasteiger partial charge in [-0.25, -0.2) is 0 Å². The molecule has 0 atom stereocenters. The second-order valence-electron chi connectivity index (χ2n) is 5.14. The Morgan fingerprint density at radius 3 is 2.17 bits per heavy atom. The molecular formula is C18H19F2NO3. The van der Waals surface area contributed by atoms with Gasteiger partial charge in [0.1, 0.15) is 11.5 Å². The van der Waals surface area contributed by atoms with Gasteiger partial charge in [0.15, 0.2) is 0 Å². The van der Waals surface area contributed by atoms with Crippen LogP contribution in [0.5, 0.6) is 11.5 Å². The maximum atomic E-state index is 12.4. The molecule has 0 aliphatic carbocycles. The first kappa shape index (κ1) is 17.7. The van der Waals surface area contributed by atoms with Gasteiger partial charge >= 0.3 is 6.61 Å². The van der Waals surface area contributed by atoms with Crippen molar-refractivity contribution in [1.29, 1.82) is 0 Å². The van der Waals surface area contributed by atoms with Crippen LogP contribution in [0.3, 0.4) is 0 Å². The lowest BCUT2D eigenvalue weighted by Crippen LogP contribution is -2.26. The minimum atomic E-state index is -2.88. The van der Waals surface area contributed by atoms with Crippen LogP contribution < -0.4 is 9.47 Å². The first-order valence-corrected chi connectivity index (χ1v) is 7.51. The quantitative estimate of drug-likeness (QED) is 0.769. The Bertz CT molecular complexity index is 657. The van der Waals surface area contributed by atoms with Crippen LogP contribution in [0.2, 0.25) is 0 Å². The van der Waals surface area contributed by atoms with Gasteiger partial charge in [-0.05, 0) is 48.9 Å². The maximum Gasteiger partial charge on any atom is 0.387 e. The van der Waals surface area contributed by atoms with Gasteiger partial charge in [-0.15, -0.1) is 0 Å². The van der Waals surface area contributed by atoms with E-state index in [1.54, 1.807) is 11.9 Å². The summed E-state index contributed by atoms with van der Waals surface area (Å²) in [6.45, 7) is 0.0653. The Morgan fingerprint density at radius 1 is 1.04 bits per heavy atom. The molecule has 0 N–H and O–H groups in total. The molecule has 0 aliphatic heterocycles. The summed E-state index contributed by atoms with van der Waals surface area (Å²) in [4.78, 5) is 13.9. The van der Waals surface area contributed by atoms with E-state index in [0.717, 1.165) is 11.3 Å². The van der Waals surface area contributed by atoms with Crippen molar-refractivity contribution in [2.45, 2.75) is 20.1 Å². The maximum absolute atomic E-state index is 12.4. The van der Waals surface area contributed by atoms with Crippen molar-refractivity contribution in [1.82, 2.24) is 4.90 Å². The Kier molecular flexibility index (Phi) is 6.12. The van der Waals surface area contributed by atoms with Crippen LogP contribution in [0.15, 0.2) is 48.5 Å². The highest BCUT2D eigenvalue weighted by Crippen LogP contribution is 2.17. The first-order chi connectivity index (χ1) is 11.5. The molecule has 24 heavy (non-hydrogen) atoms. The molecule has 0 aliphatic rings. The highest BCUT2D eigenvalue weighted by atomic mass is 19.3. The predicted octanol–water partition coefficient (Wildman–Crippen LogP) is 3.96. The van der Waals surface area contributed by atoms with Crippen LogP contribution in [0.4, 0.5) is 8.78 Å². The van der Waals surface area contributed by atoms with Gasteiger partial charge in [0.2, 0.25) is 0 Å². The third kappa shape index (κ3) is 4.94. The number of halogens is 2. The molecule has 128 valence electrons. The second-order valence-corrected chi connectivity index (χ2v) is 5.14. The van der Waals surface area contributed by atoms with Crippen LogP contribution >= 0.6 is 0 Å². The zero-order valence-electron chi connectivity index (χ0n) is 13.5. The molecule has 2 rings (SSSR count). The van der Waals surface area contributed by atoms with Crippen molar-refractivity contribution < 1.29 is 23.0 Å². The van der Waals surface area contributed by atoms with Gasteiger partial charge < -0.3 is 14.4 Å². The van der Waals surface area contributed by atoms with E-state index in [1.807, 2.05) is 31.2 Å². The van der Waals surface area contributed by atoms with Crippen LogP contribution in [-0.2, 0) is 6.54 Å². The number of alkyl halides is 2. The van der Waals surface area contributed by atoms with Crippen LogP contribution in [0.1, 0.15) is 22.8 Å². The topological polar surface area (TPSA) is 38.8 Å². The minimum Gasteiger partial charge on any atom is -0.494 e. The number of rotatable bonds is 7.